The molecule has 1 rings (SSSR count). The van der Waals surface area contributed by atoms with Crippen molar-refractivity contribution in [1.29, 1.82) is 0 Å². The van der Waals surface area contributed by atoms with E-state index in [2.05, 4.69) is 20.9 Å². The molecule has 1 saturated carbocycles. The fourth-order valence-corrected chi connectivity index (χ4v) is 3.20. The van der Waals surface area contributed by atoms with Crippen molar-refractivity contribution in [3.63, 3.8) is 0 Å². The maximum absolute atomic E-state index is 12.6. The Morgan fingerprint density at radius 3 is 2.15 bits per heavy atom. The number of hydrogen-bond acceptors (Lipinski definition) is 3. The molecular weight excluding hydrogens is 445 g/mol. The first-order chi connectivity index (χ1) is 11.6. The van der Waals surface area contributed by atoms with Crippen LogP contribution in [-0.2, 0) is 9.59 Å². The molecule has 0 aromatic rings. The molecule has 0 unspecified atom stereocenters. The molecule has 0 heterocycles. The van der Waals surface area contributed by atoms with Crippen LogP contribution in [0.5, 0.6) is 0 Å². The van der Waals surface area contributed by atoms with Gasteiger partial charge in [-0.15, -0.1) is 24.0 Å². The first-order valence-electron chi connectivity index (χ1n) is 9.14. The van der Waals surface area contributed by atoms with Gasteiger partial charge in [-0.3, -0.25) is 9.59 Å². The fraction of sp³-hybridized carbons (Fsp3) is 0.833. The van der Waals surface area contributed by atoms with E-state index in [0.717, 1.165) is 25.7 Å². The summed E-state index contributed by atoms with van der Waals surface area (Å²) in [5.74, 6) is 0.618. The van der Waals surface area contributed by atoms with Crippen LogP contribution >= 0.6 is 24.0 Å². The quantitative estimate of drug-likeness (QED) is 0.307. The fourth-order valence-electron chi connectivity index (χ4n) is 3.20. The third kappa shape index (κ3) is 8.09. The number of carbonyl (C=O) groups is 2. The Hall–Kier alpha value is -1.06. The molecule has 0 radical (unpaired) electrons. The van der Waals surface area contributed by atoms with Gasteiger partial charge in [0.05, 0.1) is 5.41 Å². The van der Waals surface area contributed by atoms with E-state index in [-0.39, 0.29) is 53.3 Å². The van der Waals surface area contributed by atoms with Gasteiger partial charge in [0, 0.05) is 32.7 Å². The highest BCUT2D eigenvalue weighted by Crippen LogP contribution is 2.38. The summed E-state index contributed by atoms with van der Waals surface area (Å²) in [4.78, 5) is 30.6. The highest BCUT2D eigenvalue weighted by Gasteiger charge is 2.42. The molecule has 1 aliphatic carbocycles. The predicted octanol–water partition coefficient (Wildman–Crippen LogP) is 1.72. The van der Waals surface area contributed by atoms with Crippen molar-refractivity contribution in [2.45, 2.75) is 58.9 Å². The zero-order chi connectivity index (χ0) is 19.1. The van der Waals surface area contributed by atoms with E-state index in [4.69, 9.17) is 0 Å². The number of amides is 2. The molecule has 7 nitrogen and oxygen atoms in total. The zero-order valence-corrected chi connectivity index (χ0v) is 19.4. The Bertz CT molecular complexity index is 494. The summed E-state index contributed by atoms with van der Waals surface area (Å²) in [7, 11) is 3.61. The van der Waals surface area contributed by atoms with Crippen LogP contribution in [0.3, 0.4) is 0 Å². The molecule has 0 saturated heterocycles. The number of hydrogen-bond donors (Lipinski definition) is 3. The normalized spacial score (nSPS) is 16.5. The summed E-state index contributed by atoms with van der Waals surface area (Å²) in [5.41, 5.74) is -0.641. The molecule has 0 spiro atoms. The standard InChI is InChI=1S/C18H35N5O2.HI/c1-7-19-16(20-12-14(24)22-17(2,3)4)21-13-18(10-8-9-11-18)15(25)23(5)6;/h7-13H2,1-6H3,(H,22,24)(H2,19,20,21);1H. The number of nitrogens with zero attached hydrogens (tertiary/aromatic N) is 2. The SMILES string of the molecule is CCNC(=NCC(=O)NC(C)(C)C)NCC1(C(=O)N(C)C)CCCC1.I. The Morgan fingerprint density at radius 1 is 1.12 bits per heavy atom. The molecule has 3 N–H and O–H groups in total. The molecule has 152 valence electrons. The summed E-state index contributed by atoms with van der Waals surface area (Å²) >= 11 is 0. The lowest BCUT2D eigenvalue weighted by atomic mass is 9.84. The molecule has 1 fully saturated rings. The maximum atomic E-state index is 12.6. The van der Waals surface area contributed by atoms with Gasteiger partial charge < -0.3 is 20.9 Å². The van der Waals surface area contributed by atoms with Gasteiger partial charge in [-0.25, -0.2) is 4.99 Å². The molecule has 0 aromatic carbocycles. The molecule has 8 heteroatoms. The number of halogens is 1. The summed E-state index contributed by atoms with van der Waals surface area (Å²) in [6, 6.07) is 0. The third-order valence-electron chi connectivity index (χ3n) is 4.25. The van der Waals surface area contributed by atoms with Gasteiger partial charge in [0.1, 0.15) is 6.54 Å². The molecule has 0 aliphatic heterocycles. The second kappa shape index (κ2) is 10.9. The van der Waals surface area contributed by atoms with E-state index in [9.17, 15) is 9.59 Å². The van der Waals surface area contributed by atoms with Crippen LogP contribution in [0.25, 0.3) is 0 Å². The Balaban J connectivity index is 0.00000625. The number of aliphatic imine (C=N–C) groups is 1. The van der Waals surface area contributed by atoms with Crippen molar-refractivity contribution in [3.05, 3.63) is 0 Å². The van der Waals surface area contributed by atoms with Crippen LogP contribution in [0.1, 0.15) is 53.4 Å². The van der Waals surface area contributed by atoms with Gasteiger partial charge in [0.2, 0.25) is 11.8 Å². The van der Waals surface area contributed by atoms with E-state index < -0.39 is 0 Å². The minimum Gasteiger partial charge on any atom is -0.357 e. The summed E-state index contributed by atoms with van der Waals surface area (Å²) < 4.78 is 0. The molecule has 26 heavy (non-hydrogen) atoms. The molecule has 2 amide bonds. The lowest BCUT2D eigenvalue weighted by molar-refractivity contribution is -0.138. The largest absolute Gasteiger partial charge is 0.357 e. The van der Waals surface area contributed by atoms with Crippen molar-refractivity contribution >= 4 is 41.8 Å². The van der Waals surface area contributed by atoms with E-state index in [0.29, 0.717) is 19.0 Å². The van der Waals surface area contributed by atoms with Gasteiger partial charge in [-0.2, -0.15) is 0 Å². The van der Waals surface area contributed by atoms with Crippen LogP contribution in [0, 0.1) is 5.41 Å². The van der Waals surface area contributed by atoms with Crippen LogP contribution in [0.2, 0.25) is 0 Å². The second-order valence-corrected chi connectivity index (χ2v) is 8.03. The minimum atomic E-state index is -0.368. The second-order valence-electron chi connectivity index (χ2n) is 8.03. The monoisotopic (exact) mass is 481 g/mol. The first-order valence-corrected chi connectivity index (χ1v) is 9.14. The molecular formula is C18H36IN5O2. The highest BCUT2D eigenvalue weighted by atomic mass is 127. The summed E-state index contributed by atoms with van der Waals surface area (Å²) in [5, 5.41) is 9.31. The van der Waals surface area contributed by atoms with Crippen molar-refractivity contribution in [3.8, 4) is 0 Å². The van der Waals surface area contributed by atoms with Crippen LogP contribution in [0.15, 0.2) is 4.99 Å². The van der Waals surface area contributed by atoms with Gasteiger partial charge in [-0.05, 0) is 40.5 Å². The van der Waals surface area contributed by atoms with Crippen molar-refractivity contribution in [1.82, 2.24) is 20.9 Å². The minimum absolute atomic E-state index is 0. The van der Waals surface area contributed by atoms with Crippen molar-refractivity contribution in [2.75, 3.05) is 33.7 Å². The van der Waals surface area contributed by atoms with Crippen LogP contribution < -0.4 is 16.0 Å². The Labute approximate surface area is 175 Å². The molecule has 1 aliphatic rings. The number of carbonyl (C=O) groups excluding carboxylic acids is 2. The molecule has 0 aromatic heterocycles. The van der Waals surface area contributed by atoms with Gasteiger partial charge in [-0.1, -0.05) is 12.8 Å². The zero-order valence-electron chi connectivity index (χ0n) is 17.1. The molecule has 0 atom stereocenters. The third-order valence-corrected chi connectivity index (χ3v) is 4.25. The average Bonchev–Trinajstić information content (AvgIpc) is 2.97. The summed E-state index contributed by atoms with van der Waals surface area (Å²) in [6.45, 7) is 9.08. The van der Waals surface area contributed by atoms with E-state index >= 15 is 0 Å². The first kappa shape index (κ1) is 24.9. The van der Waals surface area contributed by atoms with Crippen molar-refractivity contribution < 1.29 is 9.59 Å². The van der Waals surface area contributed by atoms with Gasteiger partial charge in [0.15, 0.2) is 5.96 Å². The average molecular weight is 481 g/mol. The maximum Gasteiger partial charge on any atom is 0.242 e. The van der Waals surface area contributed by atoms with Gasteiger partial charge >= 0.3 is 0 Å². The smallest absolute Gasteiger partial charge is 0.242 e. The lowest BCUT2D eigenvalue weighted by Crippen LogP contribution is -2.49. The van der Waals surface area contributed by atoms with Crippen LogP contribution in [0.4, 0.5) is 0 Å². The van der Waals surface area contributed by atoms with Gasteiger partial charge in [0.25, 0.3) is 0 Å². The van der Waals surface area contributed by atoms with E-state index in [1.807, 2.05) is 27.7 Å². The Kier molecular flexibility index (Phi) is 10.5. The number of nitrogens with one attached hydrogen (secondary N) is 3. The van der Waals surface area contributed by atoms with Crippen LogP contribution in [-0.4, -0.2) is 61.9 Å². The molecule has 0 bridgehead atoms. The van der Waals surface area contributed by atoms with Crippen molar-refractivity contribution in [2.24, 2.45) is 10.4 Å². The Morgan fingerprint density at radius 2 is 1.69 bits per heavy atom. The van der Waals surface area contributed by atoms with E-state index in [1.54, 1.807) is 19.0 Å². The number of rotatable bonds is 6. The van der Waals surface area contributed by atoms with E-state index in [1.165, 1.54) is 0 Å². The topological polar surface area (TPSA) is 85.8 Å². The highest BCUT2D eigenvalue weighted by molar-refractivity contribution is 14.0. The predicted molar refractivity (Wildman–Crippen MR) is 117 cm³/mol. The lowest BCUT2D eigenvalue weighted by Gasteiger charge is -2.31. The number of guanidine groups is 1. The summed E-state index contributed by atoms with van der Waals surface area (Å²) in [6.07, 6.45) is 3.92.